The van der Waals surface area contributed by atoms with Crippen molar-refractivity contribution in [3.63, 3.8) is 0 Å². The highest BCUT2D eigenvalue weighted by atomic mass is 35.5. The second-order valence-corrected chi connectivity index (χ2v) is 5.06. The molecule has 0 amide bonds. The number of carbonyl (C=O) groups excluding carboxylic acids is 1. The molecule has 0 radical (unpaired) electrons. The van der Waals surface area contributed by atoms with E-state index in [9.17, 15) is 4.79 Å². The number of para-hydroxylation sites is 1. The summed E-state index contributed by atoms with van der Waals surface area (Å²) in [7, 11) is 1.52. The van der Waals surface area contributed by atoms with E-state index in [-0.39, 0.29) is 5.78 Å². The molecule has 3 aromatic rings. The lowest BCUT2D eigenvalue weighted by molar-refractivity contribution is 0.103. The first-order valence-corrected chi connectivity index (χ1v) is 6.73. The predicted molar refractivity (Wildman–Crippen MR) is 84.1 cm³/mol. The highest BCUT2D eigenvalue weighted by molar-refractivity contribution is 6.35. The average molecular weight is 301 g/mol. The molecule has 21 heavy (non-hydrogen) atoms. The highest BCUT2D eigenvalue weighted by Crippen LogP contribution is 2.30. The van der Waals surface area contributed by atoms with Crippen LogP contribution in [-0.2, 0) is 0 Å². The molecule has 0 spiro atoms. The van der Waals surface area contributed by atoms with Crippen molar-refractivity contribution < 1.29 is 9.53 Å². The molecule has 3 N–H and O–H groups in total. The van der Waals surface area contributed by atoms with Gasteiger partial charge in [-0.05, 0) is 24.3 Å². The van der Waals surface area contributed by atoms with Gasteiger partial charge >= 0.3 is 0 Å². The van der Waals surface area contributed by atoms with Crippen molar-refractivity contribution in [1.29, 1.82) is 0 Å². The molecule has 0 aliphatic carbocycles. The van der Waals surface area contributed by atoms with Crippen LogP contribution in [-0.4, -0.2) is 17.9 Å². The van der Waals surface area contributed by atoms with Gasteiger partial charge in [-0.15, -0.1) is 0 Å². The molecule has 0 unspecified atom stereocenters. The van der Waals surface area contributed by atoms with Crippen molar-refractivity contribution in [2.75, 3.05) is 12.8 Å². The molecule has 4 nitrogen and oxygen atoms in total. The zero-order valence-electron chi connectivity index (χ0n) is 11.3. The summed E-state index contributed by atoms with van der Waals surface area (Å²) in [5.41, 5.74) is 7.99. The Morgan fingerprint density at radius 3 is 2.81 bits per heavy atom. The topological polar surface area (TPSA) is 68.1 Å². The molecule has 1 aromatic heterocycles. The minimum absolute atomic E-state index is 0.160. The van der Waals surface area contributed by atoms with E-state index in [2.05, 4.69) is 4.98 Å². The second-order valence-electron chi connectivity index (χ2n) is 4.65. The number of hydrogen-bond donors (Lipinski definition) is 2. The molecular formula is C16H13ClN2O2. The Hall–Kier alpha value is -2.46. The maximum absolute atomic E-state index is 12.8. The lowest BCUT2D eigenvalue weighted by Crippen LogP contribution is -2.04. The molecule has 0 saturated carbocycles. The molecule has 0 saturated heterocycles. The molecular weight excluding hydrogens is 288 g/mol. The SMILES string of the molecule is COc1ccc(N)cc1C(=O)c1c[nH]c2c(Cl)cccc12. The van der Waals surface area contributed by atoms with Crippen LogP contribution >= 0.6 is 11.6 Å². The number of carbonyl (C=O) groups is 1. The van der Waals surface area contributed by atoms with Gasteiger partial charge in [0.05, 0.1) is 23.2 Å². The molecule has 106 valence electrons. The van der Waals surface area contributed by atoms with Crippen LogP contribution in [0.3, 0.4) is 0 Å². The summed E-state index contributed by atoms with van der Waals surface area (Å²) >= 11 is 6.12. The summed E-state index contributed by atoms with van der Waals surface area (Å²) in [5.74, 6) is 0.332. The van der Waals surface area contributed by atoms with Gasteiger partial charge in [0.1, 0.15) is 5.75 Å². The Bertz CT molecular complexity index is 839. The predicted octanol–water partition coefficient (Wildman–Crippen LogP) is 3.64. The van der Waals surface area contributed by atoms with Crippen LogP contribution in [0.25, 0.3) is 10.9 Å². The number of rotatable bonds is 3. The third-order valence-corrected chi connectivity index (χ3v) is 3.69. The van der Waals surface area contributed by atoms with Crippen molar-refractivity contribution in [2.45, 2.75) is 0 Å². The van der Waals surface area contributed by atoms with Crippen molar-refractivity contribution in [1.82, 2.24) is 4.98 Å². The van der Waals surface area contributed by atoms with Crippen LogP contribution in [0.2, 0.25) is 5.02 Å². The number of nitrogens with one attached hydrogen (secondary N) is 1. The summed E-state index contributed by atoms with van der Waals surface area (Å²) in [4.78, 5) is 15.8. The van der Waals surface area contributed by atoms with Gasteiger partial charge in [0.2, 0.25) is 0 Å². The monoisotopic (exact) mass is 300 g/mol. The van der Waals surface area contributed by atoms with Crippen LogP contribution in [0.15, 0.2) is 42.6 Å². The number of nitrogens with two attached hydrogens (primary N) is 1. The molecule has 0 aliphatic heterocycles. The van der Waals surface area contributed by atoms with Gasteiger partial charge in [-0.2, -0.15) is 0 Å². The molecule has 0 bridgehead atoms. The van der Waals surface area contributed by atoms with Gasteiger partial charge in [-0.25, -0.2) is 0 Å². The van der Waals surface area contributed by atoms with Crippen molar-refractivity contribution in [3.8, 4) is 5.75 Å². The lowest BCUT2D eigenvalue weighted by atomic mass is 10.0. The van der Waals surface area contributed by atoms with Gasteiger partial charge in [0, 0.05) is 22.8 Å². The largest absolute Gasteiger partial charge is 0.496 e. The van der Waals surface area contributed by atoms with Gasteiger partial charge in [-0.3, -0.25) is 4.79 Å². The summed E-state index contributed by atoms with van der Waals surface area (Å²) in [6, 6.07) is 10.4. The van der Waals surface area contributed by atoms with Crippen LogP contribution in [0.4, 0.5) is 5.69 Å². The number of hydrogen-bond acceptors (Lipinski definition) is 3. The first kappa shape index (κ1) is 13.5. The number of nitrogen functional groups attached to an aromatic ring is 1. The number of anilines is 1. The third kappa shape index (κ3) is 2.23. The van der Waals surface area contributed by atoms with E-state index in [1.165, 1.54) is 7.11 Å². The minimum Gasteiger partial charge on any atom is -0.496 e. The second kappa shape index (κ2) is 5.14. The molecule has 0 aliphatic rings. The Morgan fingerprint density at radius 1 is 1.24 bits per heavy atom. The van der Waals surface area contributed by atoms with Crippen LogP contribution in [0.5, 0.6) is 5.75 Å². The number of halogens is 1. The van der Waals surface area contributed by atoms with Gasteiger partial charge in [0.25, 0.3) is 0 Å². The number of H-pyrrole nitrogens is 1. The fraction of sp³-hybridized carbons (Fsp3) is 0.0625. The number of ether oxygens (including phenoxy) is 1. The van der Waals surface area contributed by atoms with E-state index in [4.69, 9.17) is 22.1 Å². The Morgan fingerprint density at radius 2 is 2.05 bits per heavy atom. The Kier molecular flexibility index (Phi) is 3.31. The number of aromatic nitrogens is 1. The van der Waals surface area contributed by atoms with E-state index in [0.29, 0.717) is 27.6 Å². The molecule has 3 rings (SSSR count). The molecule has 1 heterocycles. The van der Waals surface area contributed by atoms with E-state index in [1.807, 2.05) is 12.1 Å². The lowest BCUT2D eigenvalue weighted by Gasteiger charge is -2.08. The summed E-state index contributed by atoms with van der Waals surface area (Å²) < 4.78 is 5.24. The van der Waals surface area contributed by atoms with Crippen LogP contribution < -0.4 is 10.5 Å². The number of ketones is 1. The number of benzene rings is 2. The maximum Gasteiger partial charge on any atom is 0.198 e. The van der Waals surface area contributed by atoms with Crippen molar-refractivity contribution >= 4 is 34.0 Å². The first-order valence-electron chi connectivity index (χ1n) is 6.35. The quantitative estimate of drug-likeness (QED) is 0.573. The summed E-state index contributed by atoms with van der Waals surface area (Å²) in [5, 5.41) is 1.35. The standard InChI is InChI=1S/C16H13ClN2O2/c1-21-14-6-5-9(18)7-11(14)16(20)12-8-19-15-10(12)3-2-4-13(15)17/h2-8,19H,18H2,1H3. The summed E-state index contributed by atoms with van der Waals surface area (Å²) in [6.45, 7) is 0. The first-order chi connectivity index (χ1) is 10.1. The van der Waals surface area contributed by atoms with Gasteiger partial charge in [-0.1, -0.05) is 23.7 Å². The van der Waals surface area contributed by atoms with E-state index in [1.54, 1.807) is 30.5 Å². The Labute approximate surface area is 126 Å². The molecule has 0 fully saturated rings. The van der Waals surface area contributed by atoms with Gasteiger partial charge < -0.3 is 15.5 Å². The molecule has 2 aromatic carbocycles. The average Bonchev–Trinajstić information content (AvgIpc) is 2.92. The maximum atomic E-state index is 12.8. The fourth-order valence-corrected chi connectivity index (χ4v) is 2.58. The highest BCUT2D eigenvalue weighted by Gasteiger charge is 2.19. The third-order valence-electron chi connectivity index (χ3n) is 3.38. The van der Waals surface area contributed by atoms with E-state index in [0.717, 1.165) is 10.9 Å². The van der Waals surface area contributed by atoms with Gasteiger partial charge in [0.15, 0.2) is 5.78 Å². The number of fused-ring (bicyclic) bond motifs is 1. The zero-order valence-corrected chi connectivity index (χ0v) is 12.1. The van der Waals surface area contributed by atoms with Crippen molar-refractivity contribution in [3.05, 3.63) is 58.7 Å². The Balaban J connectivity index is 2.17. The normalized spacial score (nSPS) is 10.8. The smallest absolute Gasteiger partial charge is 0.198 e. The number of aromatic amines is 1. The van der Waals surface area contributed by atoms with E-state index >= 15 is 0 Å². The summed E-state index contributed by atoms with van der Waals surface area (Å²) in [6.07, 6.45) is 1.65. The molecule has 5 heteroatoms. The minimum atomic E-state index is -0.160. The zero-order chi connectivity index (χ0) is 15.0. The van der Waals surface area contributed by atoms with Crippen LogP contribution in [0.1, 0.15) is 15.9 Å². The van der Waals surface area contributed by atoms with Crippen molar-refractivity contribution in [2.24, 2.45) is 0 Å². The number of methoxy groups -OCH3 is 1. The van der Waals surface area contributed by atoms with E-state index < -0.39 is 0 Å². The molecule has 0 atom stereocenters. The fourth-order valence-electron chi connectivity index (χ4n) is 2.35. The van der Waals surface area contributed by atoms with Crippen LogP contribution in [0, 0.1) is 0 Å².